The third kappa shape index (κ3) is 3.88. The lowest BCUT2D eigenvalue weighted by Crippen LogP contribution is -2.40. The van der Waals surface area contributed by atoms with Gasteiger partial charge in [0.25, 0.3) is 10.2 Å². The van der Waals surface area contributed by atoms with E-state index < -0.39 is 10.2 Å². The molecular weight excluding hydrogens is 238 g/mol. The Labute approximate surface area is 98.0 Å². The Balaban J connectivity index is 0.00000196. The first-order valence-electron chi connectivity index (χ1n) is 4.97. The second-order valence-corrected chi connectivity index (χ2v) is 5.52. The lowest BCUT2D eigenvalue weighted by Gasteiger charge is -2.17. The molecule has 1 fully saturated rings. The molecule has 0 aromatic rings. The molecule has 0 saturated carbocycles. The van der Waals surface area contributed by atoms with Gasteiger partial charge in [-0.2, -0.15) is 12.7 Å². The van der Waals surface area contributed by atoms with Crippen LogP contribution in [-0.4, -0.2) is 38.4 Å². The highest BCUT2D eigenvalue weighted by molar-refractivity contribution is 7.87. The normalized spacial score (nSPS) is 24.9. The van der Waals surface area contributed by atoms with Gasteiger partial charge in [0.05, 0.1) is 0 Å². The smallest absolute Gasteiger partial charge is 0.279 e. The van der Waals surface area contributed by atoms with E-state index in [0.29, 0.717) is 25.6 Å². The second kappa shape index (κ2) is 6.00. The third-order valence-electron chi connectivity index (χ3n) is 2.60. The first-order chi connectivity index (χ1) is 6.47. The van der Waals surface area contributed by atoms with E-state index in [1.165, 1.54) is 4.31 Å². The molecule has 0 aromatic heterocycles. The number of hydrogen-bond donors (Lipinski definition) is 2. The summed E-state index contributed by atoms with van der Waals surface area (Å²) in [6, 6.07) is 0.0665. The summed E-state index contributed by atoms with van der Waals surface area (Å²) >= 11 is 0. The molecule has 0 aliphatic carbocycles. The zero-order valence-corrected chi connectivity index (χ0v) is 10.8. The highest BCUT2D eigenvalue weighted by Crippen LogP contribution is 2.20. The van der Waals surface area contributed by atoms with Crippen molar-refractivity contribution in [2.45, 2.75) is 26.3 Å². The molecule has 0 spiro atoms. The maximum atomic E-state index is 11.6. The van der Waals surface area contributed by atoms with Crippen LogP contribution in [0.3, 0.4) is 0 Å². The van der Waals surface area contributed by atoms with Crippen molar-refractivity contribution in [2.75, 3.05) is 19.6 Å². The first kappa shape index (κ1) is 15.1. The zero-order valence-electron chi connectivity index (χ0n) is 9.14. The van der Waals surface area contributed by atoms with Crippen LogP contribution in [-0.2, 0) is 10.2 Å². The average Bonchev–Trinajstić information content (AvgIpc) is 2.51. The van der Waals surface area contributed by atoms with Gasteiger partial charge >= 0.3 is 0 Å². The van der Waals surface area contributed by atoms with E-state index in [-0.39, 0.29) is 18.4 Å². The fourth-order valence-electron chi connectivity index (χ4n) is 1.68. The van der Waals surface area contributed by atoms with Gasteiger partial charge in [-0.3, -0.25) is 0 Å². The number of halogens is 1. The van der Waals surface area contributed by atoms with Crippen molar-refractivity contribution >= 4 is 22.6 Å². The zero-order chi connectivity index (χ0) is 10.8. The van der Waals surface area contributed by atoms with Crippen molar-refractivity contribution in [1.29, 1.82) is 0 Å². The second-order valence-electron chi connectivity index (χ2n) is 3.77. The average molecular weight is 258 g/mol. The van der Waals surface area contributed by atoms with Crippen molar-refractivity contribution in [3.63, 3.8) is 0 Å². The van der Waals surface area contributed by atoms with Crippen LogP contribution in [0.5, 0.6) is 0 Å². The Hall–Kier alpha value is 0.120. The quantitative estimate of drug-likeness (QED) is 0.741. The summed E-state index contributed by atoms with van der Waals surface area (Å²) in [5.74, 6) is 0.295. The summed E-state index contributed by atoms with van der Waals surface area (Å²) in [5.41, 5.74) is 5.74. The standard InChI is InChI=1S/C8H19N3O2S.ClH/c1-3-10-14(12,13)11-5-4-8(6-11)7(2)9;/h7-8,10H,3-6,9H2,1-2H3;1H. The van der Waals surface area contributed by atoms with Gasteiger partial charge in [-0.25, -0.2) is 4.72 Å². The fraction of sp³-hybridized carbons (Fsp3) is 1.00. The molecular formula is C8H20ClN3O2S. The van der Waals surface area contributed by atoms with Crippen LogP contribution in [0.2, 0.25) is 0 Å². The molecule has 2 unspecified atom stereocenters. The summed E-state index contributed by atoms with van der Waals surface area (Å²) in [7, 11) is -3.25. The number of nitrogens with zero attached hydrogens (tertiary/aromatic N) is 1. The number of nitrogens with two attached hydrogens (primary N) is 1. The number of hydrogen-bond acceptors (Lipinski definition) is 3. The van der Waals surface area contributed by atoms with Crippen LogP contribution in [0.1, 0.15) is 20.3 Å². The van der Waals surface area contributed by atoms with E-state index in [1.54, 1.807) is 6.92 Å². The van der Waals surface area contributed by atoms with Crippen LogP contribution < -0.4 is 10.5 Å². The van der Waals surface area contributed by atoms with Gasteiger partial charge in [0.1, 0.15) is 0 Å². The molecule has 2 atom stereocenters. The minimum absolute atomic E-state index is 0. The summed E-state index contributed by atoms with van der Waals surface area (Å²) in [6.07, 6.45) is 0.863. The molecule has 0 bridgehead atoms. The van der Waals surface area contributed by atoms with E-state index >= 15 is 0 Å². The van der Waals surface area contributed by atoms with E-state index in [2.05, 4.69) is 4.72 Å². The molecule has 0 radical (unpaired) electrons. The first-order valence-corrected chi connectivity index (χ1v) is 6.41. The van der Waals surface area contributed by atoms with Gasteiger partial charge in [0.15, 0.2) is 0 Å². The van der Waals surface area contributed by atoms with Gasteiger partial charge in [-0.15, -0.1) is 12.4 Å². The monoisotopic (exact) mass is 257 g/mol. The largest absolute Gasteiger partial charge is 0.328 e. The Bertz CT molecular complexity index is 282. The fourth-order valence-corrected chi connectivity index (χ4v) is 2.96. The minimum Gasteiger partial charge on any atom is -0.328 e. The molecule has 0 amide bonds. The lowest BCUT2D eigenvalue weighted by atomic mass is 10.0. The topological polar surface area (TPSA) is 75.4 Å². The van der Waals surface area contributed by atoms with E-state index in [9.17, 15) is 8.42 Å². The minimum atomic E-state index is -3.25. The molecule has 7 heteroatoms. The van der Waals surface area contributed by atoms with Crippen LogP contribution >= 0.6 is 12.4 Å². The van der Waals surface area contributed by atoms with Crippen LogP contribution in [0.4, 0.5) is 0 Å². The maximum Gasteiger partial charge on any atom is 0.279 e. The molecule has 1 saturated heterocycles. The van der Waals surface area contributed by atoms with Gasteiger partial charge in [0, 0.05) is 25.7 Å². The highest BCUT2D eigenvalue weighted by atomic mass is 35.5. The van der Waals surface area contributed by atoms with Crippen molar-refractivity contribution < 1.29 is 8.42 Å². The Kier molecular flexibility index (Phi) is 6.05. The molecule has 3 N–H and O–H groups in total. The van der Waals surface area contributed by atoms with Crippen molar-refractivity contribution in [2.24, 2.45) is 11.7 Å². The van der Waals surface area contributed by atoms with Gasteiger partial charge in [-0.05, 0) is 19.3 Å². The molecule has 0 aromatic carbocycles. The SMILES string of the molecule is CCNS(=O)(=O)N1CCC(C(C)N)C1.Cl. The lowest BCUT2D eigenvalue weighted by molar-refractivity contribution is 0.424. The molecule has 92 valence electrons. The molecule has 1 aliphatic heterocycles. The van der Waals surface area contributed by atoms with Crippen LogP contribution in [0.25, 0.3) is 0 Å². The molecule has 1 aliphatic rings. The van der Waals surface area contributed by atoms with Crippen molar-refractivity contribution in [3.05, 3.63) is 0 Å². The van der Waals surface area contributed by atoms with Crippen molar-refractivity contribution in [1.82, 2.24) is 9.03 Å². The van der Waals surface area contributed by atoms with E-state index in [1.807, 2.05) is 6.92 Å². The van der Waals surface area contributed by atoms with E-state index in [0.717, 1.165) is 6.42 Å². The summed E-state index contributed by atoms with van der Waals surface area (Å²) < 4.78 is 27.1. The Morgan fingerprint density at radius 3 is 2.60 bits per heavy atom. The summed E-state index contributed by atoms with van der Waals surface area (Å²) in [5, 5.41) is 0. The van der Waals surface area contributed by atoms with Crippen LogP contribution in [0, 0.1) is 5.92 Å². The highest BCUT2D eigenvalue weighted by Gasteiger charge is 2.32. The van der Waals surface area contributed by atoms with Crippen molar-refractivity contribution in [3.8, 4) is 0 Å². The van der Waals surface area contributed by atoms with Crippen LogP contribution in [0.15, 0.2) is 0 Å². The predicted molar refractivity (Wildman–Crippen MR) is 63.2 cm³/mol. The third-order valence-corrected chi connectivity index (χ3v) is 4.26. The molecule has 1 rings (SSSR count). The molecule has 1 heterocycles. The van der Waals surface area contributed by atoms with E-state index in [4.69, 9.17) is 5.73 Å². The predicted octanol–water partition coefficient (Wildman–Crippen LogP) is -0.0684. The maximum absolute atomic E-state index is 11.6. The Morgan fingerprint density at radius 1 is 1.60 bits per heavy atom. The summed E-state index contributed by atoms with van der Waals surface area (Å²) in [4.78, 5) is 0. The van der Waals surface area contributed by atoms with Gasteiger partial charge in [-0.1, -0.05) is 6.92 Å². The summed E-state index contributed by atoms with van der Waals surface area (Å²) in [6.45, 7) is 5.26. The molecule has 15 heavy (non-hydrogen) atoms. The van der Waals surface area contributed by atoms with Gasteiger partial charge in [0.2, 0.25) is 0 Å². The Morgan fingerprint density at radius 2 is 2.20 bits per heavy atom. The number of nitrogens with one attached hydrogen (secondary N) is 1. The van der Waals surface area contributed by atoms with Gasteiger partial charge < -0.3 is 5.73 Å². The molecule has 5 nitrogen and oxygen atoms in total. The number of rotatable bonds is 4.